The van der Waals surface area contributed by atoms with E-state index in [0.717, 1.165) is 30.6 Å². The average Bonchev–Trinajstić information content (AvgIpc) is 2.28. The number of nitrogens with zero attached hydrogens (tertiary/aromatic N) is 1. The Bertz CT molecular complexity index is 403. The number of rotatable bonds is 3. The first-order valence-corrected chi connectivity index (χ1v) is 6.26. The number of benzene rings is 1. The van der Waals surface area contributed by atoms with Crippen molar-refractivity contribution in [2.45, 2.75) is 32.7 Å². The van der Waals surface area contributed by atoms with Crippen molar-refractivity contribution in [1.82, 2.24) is 4.90 Å². The highest BCUT2D eigenvalue weighted by Crippen LogP contribution is 2.26. The van der Waals surface area contributed by atoms with Crippen molar-refractivity contribution in [3.8, 4) is 0 Å². The fourth-order valence-corrected chi connectivity index (χ4v) is 2.43. The van der Waals surface area contributed by atoms with Gasteiger partial charge in [0.15, 0.2) is 0 Å². The molecule has 0 unspecified atom stereocenters. The van der Waals surface area contributed by atoms with Gasteiger partial charge in [0, 0.05) is 19.6 Å². The van der Waals surface area contributed by atoms with Crippen LogP contribution in [0.15, 0.2) is 12.1 Å². The molecule has 94 valence electrons. The summed E-state index contributed by atoms with van der Waals surface area (Å²) in [6.45, 7) is 6.66. The second-order valence-electron chi connectivity index (χ2n) is 5.05. The predicted octanol–water partition coefficient (Wildman–Crippen LogP) is 2.30. The molecular weight excluding hydrogens is 217 g/mol. The SMILES string of the molecule is CC(C)c1cc2c(cc1F)CCN(CCO)C2. The van der Waals surface area contributed by atoms with Gasteiger partial charge < -0.3 is 5.11 Å². The molecule has 1 heterocycles. The lowest BCUT2D eigenvalue weighted by atomic mass is 9.93. The monoisotopic (exact) mass is 237 g/mol. The van der Waals surface area contributed by atoms with Crippen molar-refractivity contribution < 1.29 is 9.50 Å². The minimum absolute atomic E-state index is 0.0747. The summed E-state index contributed by atoms with van der Waals surface area (Å²) in [5, 5.41) is 8.95. The Morgan fingerprint density at radius 3 is 2.76 bits per heavy atom. The van der Waals surface area contributed by atoms with Crippen molar-refractivity contribution >= 4 is 0 Å². The van der Waals surface area contributed by atoms with E-state index in [0.29, 0.717) is 6.54 Å². The molecule has 2 nitrogen and oxygen atoms in total. The van der Waals surface area contributed by atoms with Gasteiger partial charge in [-0.3, -0.25) is 4.90 Å². The van der Waals surface area contributed by atoms with Gasteiger partial charge in [-0.1, -0.05) is 19.9 Å². The molecule has 1 aliphatic rings. The van der Waals surface area contributed by atoms with Gasteiger partial charge in [-0.2, -0.15) is 0 Å². The molecule has 0 atom stereocenters. The number of fused-ring (bicyclic) bond motifs is 1. The molecule has 0 amide bonds. The van der Waals surface area contributed by atoms with Crippen LogP contribution < -0.4 is 0 Å². The largest absolute Gasteiger partial charge is 0.395 e. The normalized spacial score (nSPS) is 16.3. The first-order valence-electron chi connectivity index (χ1n) is 6.26. The van der Waals surface area contributed by atoms with Crippen LogP contribution in [0.1, 0.15) is 36.5 Å². The zero-order valence-electron chi connectivity index (χ0n) is 10.5. The molecule has 0 aliphatic carbocycles. The van der Waals surface area contributed by atoms with E-state index in [9.17, 15) is 4.39 Å². The van der Waals surface area contributed by atoms with Crippen LogP contribution >= 0.6 is 0 Å². The summed E-state index contributed by atoms with van der Waals surface area (Å²) in [5.74, 6) is 0.142. The molecule has 1 aromatic rings. The third kappa shape index (κ3) is 2.67. The summed E-state index contributed by atoms with van der Waals surface area (Å²) < 4.78 is 13.8. The molecule has 0 fully saturated rings. The molecule has 17 heavy (non-hydrogen) atoms. The maximum atomic E-state index is 13.8. The van der Waals surface area contributed by atoms with Gasteiger partial charge in [-0.25, -0.2) is 4.39 Å². The third-order valence-corrected chi connectivity index (χ3v) is 3.45. The summed E-state index contributed by atoms with van der Waals surface area (Å²) in [6.07, 6.45) is 0.880. The van der Waals surface area contributed by atoms with Crippen LogP contribution in [0.4, 0.5) is 4.39 Å². The molecule has 2 rings (SSSR count). The Morgan fingerprint density at radius 2 is 2.12 bits per heavy atom. The van der Waals surface area contributed by atoms with Crippen LogP contribution in [0.25, 0.3) is 0 Å². The maximum Gasteiger partial charge on any atom is 0.126 e. The molecule has 0 spiro atoms. The first-order chi connectivity index (χ1) is 8.11. The van der Waals surface area contributed by atoms with Crippen molar-refractivity contribution in [2.24, 2.45) is 0 Å². The van der Waals surface area contributed by atoms with Crippen LogP contribution in [-0.4, -0.2) is 29.7 Å². The minimum atomic E-state index is -0.0747. The zero-order chi connectivity index (χ0) is 12.4. The second-order valence-corrected chi connectivity index (χ2v) is 5.05. The summed E-state index contributed by atoms with van der Waals surface area (Å²) in [4.78, 5) is 2.21. The van der Waals surface area contributed by atoms with E-state index in [4.69, 9.17) is 5.11 Å². The average molecular weight is 237 g/mol. The number of hydrogen-bond donors (Lipinski definition) is 1. The maximum absolute atomic E-state index is 13.8. The van der Waals surface area contributed by atoms with E-state index in [1.165, 1.54) is 5.56 Å². The lowest BCUT2D eigenvalue weighted by molar-refractivity contribution is 0.184. The number of halogens is 1. The number of hydrogen-bond acceptors (Lipinski definition) is 2. The lowest BCUT2D eigenvalue weighted by Crippen LogP contribution is -2.33. The third-order valence-electron chi connectivity index (χ3n) is 3.45. The Kier molecular flexibility index (Phi) is 3.79. The summed E-state index contributed by atoms with van der Waals surface area (Å²) in [7, 11) is 0. The summed E-state index contributed by atoms with van der Waals surface area (Å²) >= 11 is 0. The molecule has 0 aromatic heterocycles. The molecule has 0 saturated heterocycles. The predicted molar refractivity (Wildman–Crippen MR) is 66.6 cm³/mol. The highest BCUT2D eigenvalue weighted by Gasteiger charge is 2.19. The van der Waals surface area contributed by atoms with E-state index in [1.54, 1.807) is 6.07 Å². The van der Waals surface area contributed by atoms with Crippen molar-refractivity contribution in [1.29, 1.82) is 0 Å². The number of aliphatic hydroxyl groups is 1. The van der Waals surface area contributed by atoms with Crippen LogP contribution in [0.5, 0.6) is 0 Å². The van der Waals surface area contributed by atoms with Gasteiger partial charge in [0.05, 0.1) is 6.61 Å². The molecular formula is C14H20FNO. The van der Waals surface area contributed by atoms with Crippen LogP contribution in [0.3, 0.4) is 0 Å². The summed E-state index contributed by atoms with van der Waals surface area (Å²) in [5.41, 5.74) is 3.14. The summed E-state index contributed by atoms with van der Waals surface area (Å²) in [6, 6.07) is 3.69. The van der Waals surface area contributed by atoms with Gasteiger partial charge in [0.2, 0.25) is 0 Å². The highest BCUT2D eigenvalue weighted by molar-refractivity contribution is 5.36. The van der Waals surface area contributed by atoms with Crippen molar-refractivity contribution in [3.05, 3.63) is 34.6 Å². The Morgan fingerprint density at radius 1 is 1.35 bits per heavy atom. The molecule has 1 N–H and O–H groups in total. The Balaban J connectivity index is 2.27. The number of β-amino-alcohol motifs (C(OH)–C–C–N with tert-alkyl or cyclic N) is 1. The fourth-order valence-electron chi connectivity index (χ4n) is 2.43. The molecule has 0 saturated carbocycles. The first kappa shape index (κ1) is 12.5. The van der Waals surface area contributed by atoms with Gasteiger partial charge >= 0.3 is 0 Å². The second kappa shape index (κ2) is 5.15. The van der Waals surface area contributed by atoms with E-state index in [2.05, 4.69) is 4.90 Å². The van der Waals surface area contributed by atoms with Gasteiger partial charge in [0.25, 0.3) is 0 Å². The van der Waals surface area contributed by atoms with E-state index >= 15 is 0 Å². The molecule has 1 aromatic carbocycles. The van der Waals surface area contributed by atoms with Crippen molar-refractivity contribution in [3.63, 3.8) is 0 Å². The highest BCUT2D eigenvalue weighted by atomic mass is 19.1. The van der Waals surface area contributed by atoms with Crippen LogP contribution in [0.2, 0.25) is 0 Å². The standard InChI is InChI=1S/C14H20FNO/c1-10(2)13-7-12-9-16(5-6-17)4-3-11(12)8-14(13)15/h7-8,10,17H,3-6,9H2,1-2H3. The van der Waals surface area contributed by atoms with Gasteiger partial charge in [-0.05, 0) is 35.1 Å². The topological polar surface area (TPSA) is 23.5 Å². The Labute approximate surface area is 102 Å². The Hall–Kier alpha value is -0.930. The van der Waals surface area contributed by atoms with Crippen molar-refractivity contribution in [2.75, 3.05) is 19.7 Å². The smallest absolute Gasteiger partial charge is 0.126 e. The minimum Gasteiger partial charge on any atom is -0.395 e. The molecule has 3 heteroatoms. The fraction of sp³-hybridized carbons (Fsp3) is 0.571. The van der Waals surface area contributed by atoms with E-state index in [-0.39, 0.29) is 18.3 Å². The quantitative estimate of drug-likeness (QED) is 0.872. The molecule has 0 bridgehead atoms. The molecule has 1 aliphatic heterocycles. The van der Waals surface area contributed by atoms with E-state index in [1.807, 2.05) is 19.9 Å². The number of aliphatic hydroxyl groups excluding tert-OH is 1. The lowest BCUT2D eigenvalue weighted by Gasteiger charge is -2.29. The zero-order valence-corrected chi connectivity index (χ0v) is 10.5. The van der Waals surface area contributed by atoms with Crippen LogP contribution in [-0.2, 0) is 13.0 Å². The van der Waals surface area contributed by atoms with Crippen LogP contribution in [0, 0.1) is 5.82 Å². The van der Waals surface area contributed by atoms with Gasteiger partial charge in [0.1, 0.15) is 5.82 Å². The van der Waals surface area contributed by atoms with Gasteiger partial charge in [-0.15, -0.1) is 0 Å². The van der Waals surface area contributed by atoms with E-state index < -0.39 is 0 Å². The molecule has 0 radical (unpaired) electrons.